The molecule has 2 aliphatic heterocycles. The molecular weight excluding hydrogens is 288 g/mol. The predicted molar refractivity (Wildman–Crippen MR) is 82.5 cm³/mol. The van der Waals surface area contributed by atoms with Crippen molar-refractivity contribution in [2.75, 3.05) is 11.4 Å². The molecular formula is C16H19ClN2O2. The lowest BCUT2D eigenvalue weighted by Crippen LogP contribution is -2.65. The lowest BCUT2D eigenvalue weighted by molar-refractivity contribution is -0.147. The summed E-state index contributed by atoms with van der Waals surface area (Å²) < 4.78 is 0. The zero-order valence-electron chi connectivity index (χ0n) is 12.3. The number of aryl methyl sites for hydroxylation is 1. The minimum Gasteiger partial charge on any atom is -0.329 e. The molecule has 2 amide bonds. The van der Waals surface area contributed by atoms with Gasteiger partial charge in [0.2, 0.25) is 5.91 Å². The van der Waals surface area contributed by atoms with Gasteiger partial charge in [-0.2, -0.15) is 0 Å². The molecule has 1 aromatic carbocycles. The Morgan fingerprint density at radius 2 is 1.95 bits per heavy atom. The molecule has 2 heterocycles. The van der Waals surface area contributed by atoms with Gasteiger partial charge in [-0.1, -0.05) is 17.7 Å². The van der Waals surface area contributed by atoms with E-state index >= 15 is 0 Å². The van der Waals surface area contributed by atoms with E-state index in [1.165, 1.54) is 0 Å². The molecule has 0 saturated carbocycles. The Morgan fingerprint density at radius 1 is 1.19 bits per heavy atom. The molecule has 0 aromatic heterocycles. The Labute approximate surface area is 129 Å². The first-order valence-electron chi connectivity index (χ1n) is 7.40. The SMILES string of the molecule is Cc1ccc(Cl)cc1N1C(=O)C2CCCCN2C(=O)C1C. The fourth-order valence-corrected chi connectivity index (χ4v) is 3.49. The van der Waals surface area contributed by atoms with Crippen molar-refractivity contribution in [1.29, 1.82) is 0 Å². The third kappa shape index (κ3) is 2.31. The number of fused-ring (bicyclic) bond motifs is 1. The van der Waals surface area contributed by atoms with E-state index in [0.29, 0.717) is 11.6 Å². The average Bonchev–Trinajstić information content (AvgIpc) is 2.49. The molecule has 0 aliphatic carbocycles. The van der Waals surface area contributed by atoms with Crippen LogP contribution < -0.4 is 4.90 Å². The maximum atomic E-state index is 12.9. The van der Waals surface area contributed by atoms with Crippen molar-refractivity contribution in [2.45, 2.75) is 45.2 Å². The van der Waals surface area contributed by atoms with E-state index in [2.05, 4.69) is 0 Å². The van der Waals surface area contributed by atoms with Crippen LogP contribution in [0.25, 0.3) is 0 Å². The van der Waals surface area contributed by atoms with E-state index in [1.54, 1.807) is 28.9 Å². The van der Waals surface area contributed by atoms with Crippen LogP contribution in [-0.4, -0.2) is 35.3 Å². The Hall–Kier alpha value is -1.55. The van der Waals surface area contributed by atoms with Crippen LogP contribution in [0.5, 0.6) is 0 Å². The molecule has 5 heteroatoms. The van der Waals surface area contributed by atoms with Gasteiger partial charge in [-0.25, -0.2) is 0 Å². The summed E-state index contributed by atoms with van der Waals surface area (Å²) in [4.78, 5) is 28.8. The molecule has 2 saturated heterocycles. The number of halogens is 1. The number of amides is 2. The molecule has 112 valence electrons. The molecule has 0 spiro atoms. The summed E-state index contributed by atoms with van der Waals surface area (Å²) in [6.45, 7) is 4.43. The number of anilines is 1. The van der Waals surface area contributed by atoms with Gasteiger partial charge in [0.25, 0.3) is 5.91 Å². The minimum absolute atomic E-state index is 0.0205. The summed E-state index contributed by atoms with van der Waals surface area (Å²) in [6, 6.07) is 4.69. The molecule has 4 nitrogen and oxygen atoms in total. The first-order valence-corrected chi connectivity index (χ1v) is 7.78. The topological polar surface area (TPSA) is 40.6 Å². The summed E-state index contributed by atoms with van der Waals surface area (Å²) in [5.74, 6) is 0.0610. The number of hydrogen-bond acceptors (Lipinski definition) is 2. The summed E-state index contributed by atoms with van der Waals surface area (Å²) in [5.41, 5.74) is 1.70. The third-order valence-corrected chi connectivity index (χ3v) is 4.72. The molecule has 2 atom stereocenters. The van der Waals surface area contributed by atoms with Gasteiger partial charge in [-0.15, -0.1) is 0 Å². The summed E-state index contributed by atoms with van der Waals surface area (Å²) in [6.07, 6.45) is 2.74. The lowest BCUT2D eigenvalue weighted by Gasteiger charge is -2.46. The minimum atomic E-state index is -0.469. The quantitative estimate of drug-likeness (QED) is 0.800. The van der Waals surface area contributed by atoms with Gasteiger partial charge in [0.1, 0.15) is 12.1 Å². The number of nitrogens with zero attached hydrogens (tertiary/aromatic N) is 2. The van der Waals surface area contributed by atoms with Gasteiger partial charge >= 0.3 is 0 Å². The van der Waals surface area contributed by atoms with E-state index in [9.17, 15) is 9.59 Å². The fraction of sp³-hybridized carbons (Fsp3) is 0.500. The second-order valence-electron chi connectivity index (χ2n) is 5.86. The number of hydrogen-bond donors (Lipinski definition) is 0. The first kappa shape index (κ1) is 14.4. The molecule has 0 bridgehead atoms. The molecule has 21 heavy (non-hydrogen) atoms. The molecule has 2 fully saturated rings. The van der Waals surface area contributed by atoms with Crippen molar-refractivity contribution in [3.8, 4) is 0 Å². The lowest BCUT2D eigenvalue weighted by atomic mass is 9.95. The van der Waals surface area contributed by atoms with Crippen molar-refractivity contribution < 1.29 is 9.59 Å². The van der Waals surface area contributed by atoms with Crippen LogP contribution in [0.4, 0.5) is 5.69 Å². The number of piperazine rings is 1. The van der Waals surface area contributed by atoms with Crippen molar-refractivity contribution >= 4 is 29.1 Å². The van der Waals surface area contributed by atoms with Crippen LogP contribution in [-0.2, 0) is 9.59 Å². The van der Waals surface area contributed by atoms with Crippen LogP contribution in [0.3, 0.4) is 0 Å². The Balaban J connectivity index is 2.03. The van der Waals surface area contributed by atoms with Crippen molar-refractivity contribution in [3.63, 3.8) is 0 Å². The van der Waals surface area contributed by atoms with Crippen LogP contribution in [0, 0.1) is 6.92 Å². The average molecular weight is 307 g/mol. The predicted octanol–water partition coefficient (Wildman–Crippen LogP) is 2.76. The van der Waals surface area contributed by atoms with E-state index in [1.807, 2.05) is 13.0 Å². The molecule has 0 radical (unpaired) electrons. The van der Waals surface area contributed by atoms with Crippen LogP contribution in [0.15, 0.2) is 18.2 Å². The number of carbonyl (C=O) groups is 2. The molecule has 2 unspecified atom stereocenters. The van der Waals surface area contributed by atoms with Crippen molar-refractivity contribution in [3.05, 3.63) is 28.8 Å². The monoisotopic (exact) mass is 306 g/mol. The number of benzene rings is 1. The highest BCUT2D eigenvalue weighted by Gasteiger charge is 2.45. The fourth-order valence-electron chi connectivity index (χ4n) is 3.32. The highest BCUT2D eigenvalue weighted by molar-refractivity contribution is 6.31. The van der Waals surface area contributed by atoms with Crippen LogP contribution >= 0.6 is 11.6 Å². The van der Waals surface area contributed by atoms with E-state index in [0.717, 1.165) is 30.5 Å². The highest BCUT2D eigenvalue weighted by atomic mass is 35.5. The normalized spacial score (nSPS) is 26.0. The van der Waals surface area contributed by atoms with Crippen LogP contribution in [0.1, 0.15) is 31.7 Å². The third-order valence-electron chi connectivity index (χ3n) is 4.48. The number of rotatable bonds is 1. The van der Waals surface area contributed by atoms with E-state index < -0.39 is 6.04 Å². The summed E-state index contributed by atoms with van der Waals surface area (Å²) in [5, 5.41) is 0.578. The van der Waals surface area contributed by atoms with Gasteiger partial charge in [0.15, 0.2) is 0 Å². The Kier molecular flexibility index (Phi) is 3.66. The number of carbonyl (C=O) groups excluding carboxylic acids is 2. The standard InChI is InChI=1S/C16H19ClN2O2/c1-10-6-7-12(17)9-14(10)19-11(2)15(20)18-8-4-3-5-13(18)16(19)21/h6-7,9,11,13H,3-5,8H2,1-2H3. The maximum Gasteiger partial charge on any atom is 0.250 e. The van der Waals surface area contributed by atoms with Gasteiger partial charge in [-0.3, -0.25) is 14.5 Å². The van der Waals surface area contributed by atoms with Gasteiger partial charge in [-0.05, 0) is 50.8 Å². The summed E-state index contributed by atoms with van der Waals surface area (Å²) >= 11 is 6.07. The Morgan fingerprint density at radius 3 is 2.71 bits per heavy atom. The smallest absolute Gasteiger partial charge is 0.250 e. The molecule has 1 aromatic rings. The largest absolute Gasteiger partial charge is 0.329 e. The van der Waals surface area contributed by atoms with Crippen LogP contribution in [0.2, 0.25) is 5.02 Å². The molecule has 0 N–H and O–H groups in total. The molecule has 3 rings (SSSR count). The van der Waals surface area contributed by atoms with E-state index in [-0.39, 0.29) is 17.9 Å². The maximum absolute atomic E-state index is 12.9. The zero-order valence-corrected chi connectivity index (χ0v) is 13.1. The van der Waals surface area contributed by atoms with Crippen molar-refractivity contribution in [2.24, 2.45) is 0 Å². The second kappa shape index (κ2) is 5.34. The number of piperidine rings is 1. The van der Waals surface area contributed by atoms with Gasteiger partial charge in [0.05, 0.1) is 0 Å². The Bertz CT molecular complexity index is 602. The highest BCUT2D eigenvalue weighted by Crippen LogP contribution is 2.33. The zero-order chi connectivity index (χ0) is 15.1. The first-order chi connectivity index (χ1) is 10.0. The molecule has 2 aliphatic rings. The van der Waals surface area contributed by atoms with E-state index in [4.69, 9.17) is 11.6 Å². The van der Waals surface area contributed by atoms with Gasteiger partial charge < -0.3 is 4.90 Å². The summed E-state index contributed by atoms with van der Waals surface area (Å²) in [7, 11) is 0. The van der Waals surface area contributed by atoms with Gasteiger partial charge in [0, 0.05) is 17.3 Å². The second-order valence-corrected chi connectivity index (χ2v) is 6.29. The van der Waals surface area contributed by atoms with Crippen molar-refractivity contribution in [1.82, 2.24) is 4.90 Å².